The van der Waals surface area contributed by atoms with Gasteiger partial charge in [0.25, 0.3) is 5.91 Å². The van der Waals surface area contributed by atoms with Crippen LogP contribution >= 0.6 is 0 Å². The van der Waals surface area contributed by atoms with Gasteiger partial charge in [0, 0.05) is 18.1 Å². The second kappa shape index (κ2) is 14.6. The fourth-order valence-corrected chi connectivity index (χ4v) is 3.85. The number of aliphatic hydroxyl groups is 1. The molecule has 0 unspecified atom stereocenters. The Kier molecular flexibility index (Phi) is 11.7. The summed E-state index contributed by atoms with van der Waals surface area (Å²) in [5.41, 5.74) is 0.247. The van der Waals surface area contributed by atoms with Crippen LogP contribution < -0.4 is 10.6 Å². The largest absolute Gasteiger partial charge is 0.391 e. The molecule has 0 saturated heterocycles. The Hall–Kier alpha value is -2.47. The quantitative estimate of drug-likeness (QED) is 0.348. The first-order valence-electron chi connectivity index (χ1n) is 12.1. The van der Waals surface area contributed by atoms with Gasteiger partial charge in [-0.25, -0.2) is 0 Å². The maximum Gasteiger partial charge on any atom is 0.271 e. The number of fused-ring (bicyclic) bond motifs is 1. The number of aliphatic hydroxyl groups excluding tert-OH is 1. The Bertz CT molecular complexity index is 833. The fourth-order valence-electron chi connectivity index (χ4n) is 3.85. The van der Waals surface area contributed by atoms with Crippen LogP contribution in [0.4, 0.5) is 0 Å². The van der Waals surface area contributed by atoms with Gasteiger partial charge >= 0.3 is 0 Å². The summed E-state index contributed by atoms with van der Waals surface area (Å²) in [5, 5.41) is 17.2. The Morgan fingerprint density at radius 3 is 2.22 bits per heavy atom. The summed E-state index contributed by atoms with van der Waals surface area (Å²) < 4.78 is 0. The number of nitrogens with one attached hydrogen (secondary N) is 2. The Labute approximate surface area is 192 Å². The van der Waals surface area contributed by atoms with Crippen LogP contribution in [0.3, 0.4) is 0 Å². The number of hydrogen-bond donors (Lipinski definition) is 3. The molecule has 1 heterocycles. The molecule has 0 spiro atoms. The standard InChI is InChI=1S/C26H39N3O3/c1-3-4-5-6-7-8-9-10-11-14-18-28-25(31)23(20(2)30)29-26(32)24-22-16-13-12-15-21(22)17-19-27-24/h12-13,15-17,19-20,23,30H,3-11,14,18H2,1-2H3,(H,28,31)(H,29,32)/t20-,23+/m1/s1. The highest BCUT2D eigenvalue weighted by atomic mass is 16.3. The third-order valence-corrected chi connectivity index (χ3v) is 5.77. The molecule has 0 bridgehead atoms. The highest BCUT2D eigenvalue weighted by Crippen LogP contribution is 2.16. The molecular formula is C26H39N3O3. The smallest absolute Gasteiger partial charge is 0.271 e. The van der Waals surface area contributed by atoms with Crippen molar-refractivity contribution in [1.82, 2.24) is 15.6 Å². The Balaban J connectivity index is 1.73. The summed E-state index contributed by atoms with van der Waals surface area (Å²) in [4.78, 5) is 29.5. The van der Waals surface area contributed by atoms with Crippen molar-refractivity contribution < 1.29 is 14.7 Å². The highest BCUT2D eigenvalue weighted by Gasteiger charge is 2.26. The third-order valence-electron chi connectivity index (χ3n) is 5.77. The zero-order valence-corrected chi connectivity index (χ0v) is 19.6. The first kappa shape index (κ1) is 25.8. The summed E-state index contributed by atoms with van der Waals surface area (Å²) >= 11 is 0. The van der Waals surface area contributed by atoms with Crippen LogP contribution in [0, 0.1) is 0 Å². The first-order chi connectivity index (χ1) is 15.5. The normalized spacial score (nSPS) is 13.0. The van der Waals surface area contributed by atoms with Crippen molar-refractivity contribution in [1.29, 1.82) is 0 Å². The van der Waals surface area contributed by atoms with Crippen molar-refractivity contribution in [2.24, 2.45) is 0 Å². The molecule has 1 aromatic carbocycles. The molecular weight excluding hydrogens is 402 g/mol. The van der Waals surface area contributed by atoms with E-state index in [0.717, 1.165) is 18.2 Å². The van der Waals surface area contributed by atoms with E-state index in [1.807, 2.05) is 30.3 Å². The number of benzene rings is 1. The van der Waals surface area contributed by atoms with Gasteiger partial charge in [0.1, 0.15) is 11.7 Å². The SMILES string of the molecule is CCCCCCCCCCCCNC(=O)[C@@H](NC(=O)c1nccc2ccccc12)[C@@H](C)O. The molecule has 0 saturated carbocycles. The molecule has 0 aliphatic carbocycles. The monoisotopic (exact) mass is 441 g/mol. The van der Waals surface area contributed by atoms with Gasteiger partial charge in [0.05, 0.1) is 6.10 Å². The Morgan fingerprint density at radius 1 is 0.938 bits per heavy atom. The van der Waals surface area contributed by atoms with Crippen LogP contribution in [-0.2, 0) is 4.79 Å². The number of hydrogen-bond acceptors (Lipinski definition) is 4. The summed E-state index contributed by atoms with van der Waals surface area (Å²) in [5.74, 6) is -0.841. The van der Waals surface area contributed by atoms with E-state index in [-0.39, 0.29) is 11.6 Å². The molecule has 32 heavy (non-hydrogen) atoms. The van der Waals surface area contributed by atoms with E-state index in [1.54, 1.807) is 6.20 Å². The number of nitrogens with zero attached hydrogens (tertiary/aromatic N) is 1. The third kappa shape index (κ3) is 8.58. The molecule has 0 fully saturated rings. The lowest BCUT2D eigenvalue weighted by molar-refractivity contribution is -0.125. The maximum atomic E-state index is 12.8. The van der Waals surface area contributed by atoms with Crippen molar-refractivity contribution in [3.63, 3.8) is 0 Å². The zero-order chi connectivity index (χ0) is 23.2. The topological polar surface area (TPSA) is 91.3 Å². The van der Waals surface area contributed by atoms with Gasteiger partial charge in [0.15, 0.2) is 0 Å². The van der Waals surface area contributed by atoms with Crippen LogP contribution in [0.25, 0.3) is 10.8 Å². The van der Waals surface area contributed by atoms with Crippen LogP contribution in [0.1, 0.15) is 88.5 Å². The predicted octanol–water partition coefficient (Wildman–Crippen LogP) is 4.75. The number of carbonyl (C=O) groups excluding carboxylic acids is 2. The maximum absolute atomic E-state index is 12.8. The lowest BCUT2D eigenvalue weighted by atomic mass is 10.1. The second-order valence-electron chi connectivity index (χ2n) is 8.55. The van der Waals surface area contributed by atoms with E-state index in [0.29, 0.717) is 11.9 Å². The minimum Gasteiger partial charge on any atom is -0.391 e. The van der Waals surface area contributed by atoms with E-state index >= 15 is 0 Å². The lowest BCUT2D eigenvalue weighted by Crippen LogP contribution is -2.52. The number of rotatable bonds is 15. The van der Waals surface area contributed by atoms with E-state index in [2.05, 4.69) is 22.5 Å². The van der Waals surface area contributed by atoms with E-state index in [4.69, 9.17) is 0 Å². The van der Waals surface area contributed by atoms with E-state index < -0.39 is 18.1 Å². The van der Waals surface area contributed by atoms with Gasteiger partial charge in [-0.3, -0.25) is 14.6 Å². The zero-order valence-electron chi connectivity index (χ0n) is 19.6. The van der Waals surface area contributed by atoms with Crippen molar-refractivity contribution in [3.8, 4) is 0 Å². The van der Waals surface area contributed by atoms with Gasteiger partial charge in [-0.1, -0.05) is 89.0 Å². The highest BCUT2D eigenvalue weighted by molar-refractivity contribution is 6.06. The van der Waals surface area contributed by atoms with E-state index in [1.165, 1.54) is 58.3 Å². The number of unbranched alkanes of at least 4 members (excludes halogenated alkanes) is 9. The first-order valence-corrected chi connectivity index (χ1v) is 12.1. The molecule has 2 amide bonds. The lowest BCUT2D eigenvalue weighted by Gasteiger charge is -2.21. The predicted molar refractivity (Wildman–Crippen MR) is 130 cm³/mol. The van der Waals surface area contributed by atoms with Crippen molar-refractivity contribution >= 4 is 22.6 Å². The van der Waals surface area contributed by atoms with Gasteiger partial charge in [-0.05, 0) is 24.8 Å². The molecule has 6 heteroatoms. The molecule has 1 aromatic heterocycles. The van der Waals surface area contributed by atoms with Crippen LogP contribution in [0.2, 0.25) is 0 Å². The molecule has 0 aliphatic rings. The van der Waals surface area contributed by atoms with Gasteiger partial charge in [0.2, 0.25) is 5.91 Å². The molecule has 2 aromatic rings. The molecule has 3 N–H and O–H groups in total. The average molecular weight is 442 g/mol. The van der Waals surface area contributed by atoms with Crippen molar-refractivity contribution in [3.05, 3.63) is 42.2 Å². The second-order valence-corrected chi connectivity index (χ2v) is 8.55. The molecule has 2 rings (SSSR count). The van der Waals surface area contributed by atoms with Gasteiger partial charge in [-0.15, -0.1) is 0 Å². The van der Waals surface area contributed by atoms with Crippen molar-refractivity contribution in [2.45, 2.75) is 90.2 Å². The molecule has 2 atom stereocenters. The van der Waals surface area contributed by atoms with Gasteiger partial charge in [-0.2, -0.15) is 0 Å². The number of amides is 2. The summed E-state index contributed by atoms with van der Waals surface area (Å²) in [7, 11) is 0. The van der Waals surface area contributed by atoms with Gasteiger partial charge < -0.3 is 15.7 Å². The Morgan fingerprint density at radius 2 is 1.56 bits per heavy atom. The number of pyridine rings is 1. The fraction of sp³-hybridized carbons (Fsp3) is 0.577. The number of aromatic nitrogens is 1. The minimum atomic E-state index is -1.02. The van der Waals surface area contributed by atoms with Crippen LogP contribution in [0.15, 0.2) is 36.5 Å². The van der Waals surface area contributed by atoms with Crippen LogP contribution in [-0.4, -0.2) is 40.6 Å². The van der Waals surface area contributed by atoms with Crippen LogP contribution in [0.5, 0.6) is 0 Å². The molecule has 6 nitrogen and oxygen atoms in total. The summed E-state index contributed by atoms with van der Waals surface area (Å²) in [6.45, 7) is 4.28. The minimum absolute atomic E-state index is 0.247. The number of carbonyl (C=O) groups is 2. The summed E-state index contributed by atoms with van der Waals surface area (Å²) in [6, 6.07) is 8.26. The average Bonchev–Trinajstić information content (AvgIpc) is 2.80. The molecule has 0 radical (unpaired) electrons. The molecule has 176 valence electrons. The van der Waals surface area contributed by atoms with Crippen molar-refractivity contribution in [2.75, 3.05) is 6.54 Å². The summed E-state index contributed by atoms with van der Waals surface area (Å²) in [6.07, 6.45) is 12.8. The van der Waals surface area contributed by atoms with E-state index in [9.17, 15) is 14.7 Å². The molecule has 0 aliphatic heterocycles.